The Labute approximate surface area is 166 Å². The first-order valence-corrected chi connectivity index (χ1v) is 10.0. The van der Waals surface area contributed by atoms with Crippen LogP contribution in [0.3, 0.4) is 0 Å². The first-order valence-electron chi connectivity index (χ1n) is 10.0. The van der Waals surface area contributed by atoms with E-state index in [-0.39, 0.29) is 17.9 Å². The van der Waals surface area contributed by atoms with Gasteiger partial charge in [-0.1, -0.05) is 30.3 Å². The van der Waals surface area contributed by atoms with Crippen molar-refractivity contribution in [1.82, 2.24) is 10.2 Å². The summed E-state index contributed by atoms with van der Waals surface area (Å²) in [5.41, 5.74) is 5.87. The number of hydrogen-bond acceptors (Lipinski definition) is 3. The standard InChI is InChI=1S/C23H27N3O2/c1-16-3-6-21-13-20(9-10-22(21)26(16)17(2)27)19-7-4-18(5-8-19)14-25-12-11-24-23(28)15-25/h4-5,7-10,13,16H,3,6,11-12,14-15H2,1-2H3,(H,24,28)/t16-/m0/s1. The van der Waals surface area contributed by atoms with Gasteiger partial charge in [-0.25, -0.2) is 0 Å². The lowest BCUT2D eigenvalue weighted by Crippen LogP contribution is -2.47. The molecule has 0 aromatic heterocycles. The number of benzene rings is 2. The van der Waals surface area contributed by atoms with Crippen LogP contribution in [0.2, 0.25) is 0 Å². The van der Waals surface area contributed by atoms with Gasteiger partial charge >= 0.3 is 0 Å². The molecule has 0 spiro atoms. The van der Waals surface area contributed by atoms with Gasteiger partial charge in [-0.3, -0.25) is 14.5 Å². The van der Waals surface area contributed by atoms with Crippen molar-refractivity contribution in [3.05, 3.63) is 53.6 Å². The minimum absolute atomic E-state index is 0.103. The van der Waals surface area contributed by atoms with Gasteiger partial charge < -0.3 is 10.2 Å². The van der Waals surface area contributed by atoms with Gasteiger partial charge in [0.25, 0.3) is 0 Å². The summed E-state index contributed by atoms with van der Waals surface area (Å²) in [6, 6.07) is 15.3. The van der Waals surface area contributed by atoms with E-state index in [0.717, 1.165) is 38.2 Å². The van der Waals surface area contributed by atoms with Crippen molar-refractivity contribution in [1.29, 1.82) is 0 Å². The number of amides is 2. The van der Waals surface area contributed by atoms with Crippen molar-refractivity contribution in [3.8, 4) is 11.1 Å². The number of piperazine rings is 1. The lowest BCUT2D eigenvalue weighted by Gasteiger charge is -2.34. The Bertz CT molecular complexity index is 891. The average Bonchev–Trinajstić information content (AvgIpc) is 2.68. The smallest absolute Gasteiger partial charge is 0.234 e. The predicted molar refractivity (Wildman–Crippen MR) is 111 cm³/mol. The number of rotatable bonds is 3. The van der Waals surface area contributed by atoms with Crippen molar-refractivity contribution in [3.63, 3.8) is 0 Å². The molecule has 2 amide bonds. The third kappa shape index (κ3) is 3.80. The summed E-state index contributed by atoms with van der Waals surface area (Å²) >= 11 is 0. The summed E-state index contributed by atoms with van der Waals surface area (Å²) in [6.45, 7) is 6.64. The summed E-state index contributed by atoms with van der Waals surface area (Å²) in [6.07, 6.45) is 2.00. The van der Waals surface area contributed by atoms with E-state index in [4.69, 9.17) is 0 Å². The lowest BCUT2D eigenvalue weighted by molar-refractivity contribution is -0.124. The predicted octanol–water partition coefficient (Wildman–Crippen LogP) is 2.97. The van der Waals surface area contributed by atoms with E-state index in [1.807, 2.05) is 4.90 Å². The van der Waals surface area contributed by atoms with Crippen LogP contribution in [-0.4, -0.2) is 42.4 Å². The highest BCUT2D eigenvalue weighted by Crippen LogP contribution is 2.34. The van der Waals surface area contributed by atoms with Gasteiger partial charge in [0.15, 0.2) is 0 Å². The van der Waals surface area contributed by atoms with Gasteiger partial charge in [0.2, 0.25) is 11.8 Å². The zero-order chi connectivity index (χ0) is 19.7. The Hall–Kier alpha value is -2.66. The van der Waals surface area contributed by atoms with Gasteiger partial charge in [-0.15, -0.1) is 0 Å². The first kappa shape index (κ1) is 18.7. The highest BCUT2D eigenvalue weighted by Gasteiger charge is 2.26. The molecule has 28 heavy (non-hydrogen) atoms. The number of aryl methyl sites for hydroxylation is 1. The quantitative estimate of drug-likeness (QED) is 0.895. The van der Waals surface area contributed by atoms with E-state index < -0.39 is 0 Å². The van der Waals surface area contributed by atoms with Crippen molar-refractivity contribution in [2.24, 2.45) is 0 Å². The third-order valence-electron chi connectivity index (χ3n) is 5.76. The fourth-order valence-electron chi connectivity index (χ4n) is 4.30. The molecule has 2 aromatic rings. The zero-order valence-electron chi connectivity index (χ0n) is 16.6. The molecule has 5 nitrogen and oxygen atoms in total. The number of fused-ring (bicyclic) bond motifs is 1. The van der Waals surface area contributed by atoms with Gasteiger partial charge in [-0.05, 0) is 54.2 Å². The summed E-state index contributed by atoms with van der Waals surface area (Å²) in [5.74, 6) is 0.211. The van der Waals surface area contributed by atoms with Crippen LogP contribution in [0.1, 0.15) is 31.4 Å². The van der Waals surface area contributed by atoms with E-state index in [1.54, 1.807) is 6.92 Å². The van der Waals surface area contributed by atoms with Crippen LogP contribution < -0.4 is 10.2 Å². The highest BCUT2D eigenvalue weighted by molar-refractivity contribution is 5.94. The molecule has 146 valence electrons. The maximum absolute atomic E-state index is 12.0. The molecule has 4 rings (SSSR count). The maximum Gasteiger partial charge on any atom is 0.234 e. The number of nitrogens with one attached hydrogen (secondary N) is 1. The Morgan fingerprint density at radius 1 is 1.14 bits per heavy atom. The normalized spacial score (nSPS) is 19.9. The average molecular weight is 377 g/mol. The molecule has 0 unspecified atom stereocenters. The number of anilines is 1. The number of hydrogen-bond donors (Lipinski definition) is 1. The Kier molecular flexibility index (Phi) is 5.18. The van der Waals surface area contributed by atoms with E-state index in [1.165, 1.54) is 22.3 Å². The first-order chi connectivity index (χ1) is 13.5. The molecule has 1 atom stereocenters. The van der Waals surface area contributed by atoms with Crippen molar-refractivity contribution in [2.75, 3.05) is 24.5 Å². The molecule has 2 aliphatic rings. The SMILES string of the molecule is CC(=O)N1c2ccc(-c3ccc(CN4CCNC(=O)C4)cc3)cc2CC[C@@H]1C. The minimum atomic E-state index is 0.103. The molecule has 0 saturated carbocycles. The molecule has 0 bridgehead atoms. The Morgan fingerprint density at radius 2 is 1.89 bits per heavy atom. The van der Waals surface area contributed by atoms with Crippen LogP contribution in [0.25, 0.3) is 11.1 Å². The molecule has 0 aliphatic carbocycles. The molecule has 2 heterocycles. The minimum Gasteiger partial charge on any atom is -0.354 e. The molecule has 1 saturated heterocycles. The molecule has 1 fully saturated rings. The third-order valence-corrected chi connectivity index (χ3v) is 5.76. The molecular weight excluding hydrogens is 350 g/mol. The number of carbonyl (C=O) groups excluding carboxylic acids is 2. The molecule has 2 aliphatic heterocycles. The van der Waals surface area contributed by atoms with Crippen LogP contribution in [0.4, 0.5) is 5.69 Å². The zero-order valence-corrected chi connectivity index (χ0v) is 16.6. The Balaban J connectivity index is 1.52. The molecule has 2 aromatic carbocycles. The second-order valence-electron chi connectivity index (χ2n) is 7.88. The van der Waals surface area contributed by atoms with Gasteiger partial charge in [0.05, 0.1) is 6.54 Å². The largest absolute Gasteiger partial charge is 0.354 e. The van der Waals surface area contributed by atoms with Gasteiger partial charge in [0.1, 0.15) is 0 Å². The Morgan fingerprint density at radius 3 is 2.61 bits per heavy atom. The molecule has 1 N–H and O–H groups in total. The van der Waals surface area contributed by atoms with Crippen LogP contribution in [0, 0.1) is 0 Å². The fraction of sp³-hybridized carbons (Fsp3) is 0.391. The van der Waals surface area contributed by atoms with E-state index >= 15 is 0 Å². The summed E-state index contributed by atoms with van der Waals surface area (Å²) < 4.78 is 0. The molecule has 0 radical (unpaired) electrons. The van der Waals surface area contributed by atoms with Gasteiger partial charge in [0, 0.05) is 38.3 Å². The maximum atomic E-state index is 12.0. The second-order valence-corrected chi connectivity index (χ2v) is 7.88. The van der Waals surface area contributed by atoms with E-state index in [9.17, 15) is 9.59 Å². The van der Waals surface area contributed by atoms with Crippen LogP contribution in [-0.2, 0) is 22.6 Å². The highest BCUT2D eigenvalue weighted by atomic mass is 16.2. The summed E-state index contributed by atoms with van der Waals surface area (Å²) in [4.78, 5) is 27.7. The van der Waals surface area contributed by atoms with Crippen LogP contribution in [0.5, 0.6) is 0 Å². The van der Waals surface area contributed by atoms with Crippen molar-refractivity contribution >= 4 is 17.5 Å². The fourth-order valence-corrected chi connectivity index (χ4v) is 4.30. The molecular formula is C23H27N3O2. The van der Waals surface area contributed by atoms with Crippen LogP contribution in [0.15, 0.2) is 42.5 Å². The number of nitrogens with zero attached hydrogens (tertiary/aromatic N) is 2. The van der Waals surface area contributed by atoms with Crippen LogP contribution >= 0.6 is 0 Å². The topological polar surface area (TPSA) is 52.7 Å². The summed E-state index contributed by atoms with van der Waals surface area (Å²) in [7, 11) is 0. The van der Waals surface area contributed by atoms with Gasteiger partial charge in [-0.2, -0.15) is 0 Å². The molecule has 5 heteroatoms. The van der Waals surface area contributed by atoms with E-state index in [2.05, 4.69) is 59.6 Å². The number of carbonyl (C=O) groups is 2. The van der Waals surface area contributed by atoms with Crippen molar-refractivity contribution in [2.45, 2.75) is 39.3 Å². The summed E-state index contributed by atoms with van der Waals surface area (Å²) in [5, 5.41) is 2.86. The monoisotopic (exact) mass is 377 g/mol. The van der Waals surface area contributed by atoms with Crippen molar-refractivity contribution < 1.29 is 9.59 Å². The lowest BCUT2D eigenvalue weighted by atomic mass is 9.93. The van der Waals surface area contributed by atoms with E-state index in [0.29, 0.717) is 6.54 Å². The second kappa shape index (κ2) is 7.76.